The lowest BCUT2D eigenvalue weighted by molar-refractivity contribution is -0.120. The van der Waals surface area contributed by atoms with Crippen LogP contribution in [0.4, 0.5) is 0 Å². The maximum Gasteiger partial charge on any atom is 0.233 e. The Bertz CT molecular complexity index is 752. The van der Waals surface area contributed by atoms with Crippen molar-refractivity contribution in [2.24, 2.45) is 0 Å². The number of hydrogen-bond donors (Lipinski definition) is 1. The smallest absolute Gasteiger partial charge is 0.233 e. The van der Waals surface area contributed by atoms with E-state index in [0.717, 1.165) is 10.5 Å². The molecule has 26 heavy (non-hydrogen) atoms. The molecule has 140 valence electrons. The molecule has 7 heteroatoms. The van der Waals surface area contributed by atoms with Gasteiger partial charge < -0.3 is 19.5 Å². The van der Waals surface area contributed by atoms with E-state index in [4.69, 9.17) is 25.8 Å². The van der Waals surface area contributed by atoms with Crippen molar-refractivity contribution >= 4 is 29.3 Å². The third kappa shape index (κ3) is 5.22. The highest BCUT2D eigenvalue weighted by Crippen LogP contribution is 2.34. The van der Waals surface area contributed by atoms with Crippen molar-refractivity contribution < 1.29 is 19.0 Å². The normalized spacial score (nSPS) is 11.6. The third-order valence-electron chi connectivity index (χ3n) is 3.74. The van der Waals surface area contributed by atoms with Crippen molar-refractivity contribution in [1.29, 1.82) is 0 Å². The van der Waals surface area contributed by atoms with Gasteiger partial charge in [0, 0.05) is 28.1 Å². The van der Waals surface area contributed by atoms with Gasteiger partial charge in [0.05, 0.1) is 26.6 Å². The Morgan fingerprint density at radius 3 is 2.19 bits per heavy atom. The minimum atomic E-state index is -0.248. The van der Waals surface area contributed by atoms with Crippen LogP contribution < -0.4 is 19.5 Å². The molecule has 0 bridgehead atoms. The van der Waals surface area contributed by atoms with Crippen LogP contribution in [0.15, 0.2) is 41.3 Å². The molecule has 0 fully saturated rings. The number of benzene rings is 2. The summed E-state index contributed by atoms with van der Waals surface area (Å²) in [6, 6.07) is 11.0. The van der Waals surface area contributed by atoms with Gasteiger partial charge in [0.2, 0.25) is 5.91 Å². The molecule has 0 saturated carbocycles. The van der Waals surface area contributed by atoms with Gasteiger partial charge in [-0.25, -0.2) is 0 Å². The molecule has 0 aliphatic rings. The Balaban J connectivity index is 2.02. The zero-order valence-corrected chi connectivity index (χ0v) is 16.7. The Labute approximate surface area is 163 Å². The molecule has 1 N–H and O–H groups in total. The van der Waals surface area contributed by atoms with Crippen LogP contribution >= 0.6 is 23.4 Å². The highest BCUT2D eigenvalue weighted by molar-refractivity contribution is 8.00. The van der Waals surface area contributed by atoms with Crippen LogP contribution in [0.1, 0.15) is 12.5 Å². The molecule has 0 aliphatic carbocycles. The Hall–Kier alpha value is -2.05. The van der Waals surface area contributed by atoms with Crippen LogP contribution in [0, 0.1) is 0 Å². The van der Waals surface area contributed by atoms with Crippen LogP contribution in [0.3, 0.4) is 0 Å². The van der Waals surface area contributed by atoms with Crippen molar-refractivity contribution in [1.82, 2.24) is 5.32 Å². The predicted octanol–water partition coefficient (Wildman–Crippen LogP) is 4.16. The number of ether oxygens (including phenoxy) is 3. The average molecular weight is 396 g/mol. The van der Waals surface area contributed by atoms with Crippen molar-refractivity contribution in [3.05, 3.63) is 47.0 Å². The highest BCUT2D eigenvalue weighted by atomic mass is 35.5. The molecule has 1 atom stereocenters. The van der Waals surface area contributed by atoms with Crippen molar-refractivity contribution in [3.63, 3.8) is 0 Å². The van der Waals surface area contributed by atoms with Crippen LogP contribution in [0.2, 0.25) is 5.02 Å². The summed E-state index contributed by atoms with van der Waals surface area (Å²) in [6.45, 7) is 2.19. The van der Waals surface area contributed by atoms with Crippen molar-refractivity contribution in [2.75, 3.05) is 21.3 Å². The van der Waals surface area contributed by atoms with Crippen LogP contribution in [0.5, 0.6) is 17.2 Å². The number of halogens is 1. The van der Waals surface area contributed by atoms with Gasteiger partial charge in [-0.2, -0.15) is 0 Å². The topological polar surface area (TPSA) is 56.8 Å². The molecule has 0 spiro atoms. The Morgan fingerprint density at radius 1 is 1.04 bits per heavy atom. The lowest BCUT2D eigenvalue weighted by atomic mass is 10.1. The fourth-order valence-electron chi connectivity index (χ4n) is 2.33. The molecule has 1 unspecified atom stereocenters. The lowest BCUT2D eigenvalue weighted by Crippen LogP contribution is -2.30. The fourth-order valence-corrected chi connectivity index (χ4v) is 3.35. The number of carbonyl (C=O) groups excluding carboxylic acids is 1. The number of nitrogens with one attached hydrogen (secondary N) is 1. The highest BCUT2D eigenvalue weighted by Gasteiger charge is 2.16. The van der Waals surface area contributed by atoms with Gasteiger partial charge in [0.15, 0.2) is 11.5 Å². The predicted molar refractivity (Wildman–Crippen MR) is 105 cm³/mol. The molecule has 0 aromatic heterocycles. The van der Waals surface area contributed by atoms with Gasteiger partial charge in [-0.05, 0) is 37.3 Å². The van der Waals surface area contributed by atoms with E-state index in [1.165, 1.54) is 11.8 Å². The van der Waals surface area contributed by atoms with Crippen LogP contribution in [-0.4, -0.2) is 32.5 Å². The summed E-state index contributed by atoms with van der Waals surface area (Å²) in [4.78, 5) is 13.4. The Kier molecular flexibility index (Phi) is 7.48. The van der Waals surface area contributed by atoms with Gasteiger partial charge in [-0.15, -0.1) is 11.8 Å². The Morgan fingerprint density at radius 2 is 1.62 bits per heavy atom. The first-order chi connectivity index (χ1) is 12.5. The number of thioether (sulfide) groups is 1. The van der Waals surface area contributed by atoms with E-state index >= 15 is 0 Å². The number of carbonyl (C=O) groups is 1. The van der Waals surface area contributed by atoms with Gasteiger partial charge >= 0.3 is 0 Å². The first kappa shape index (κ1) is 20.3. The molecule has 2 aromatic carbocycles. The SMILES string of the molecule is COc1cc(OC)c(OC)cc1CNC(=O)C(C)Sc1ccc(Cl)cc1. The van der Waals surface area contributed by atoms with Crippen LogP contribution in [-0.2, 0) is 11.3 Å². The summed E-state index contributed by atoms with van der Waals surface area (Å²) in [7, 11) is 4.71. The van der Waals surface area contributed by atoms with E-state index in [9.17, 15) is 4.79 Å². The molecule has 0 radical (unpaired) electrons. The van der Waals surface area contributed by atoms with Gasteiger partial charge in [0.25, 0.3) is 0 Å². The summed E-state index contributed by atoms with van der Waals surface area (Å²) in [5.74, 6) is 1.72. The number of amides is 1. The van der Waals surface area contributed by atoms with Gasteiger partial charge in [-0.3, -0.25) is 4.79 Å². The molecule has 2 rings (SSSR count). The molecule has 2 aromatic rings. The largest absolute Gasteiger partial charge is 0.496 e. The molecule has 1 amide bonds. The minimum absolute atomic E-state index is 0.0678. The molecular formula is C19H22ClNO4S. The first-order valence-corrected chi connectivity index (χ1v) is 9.23. The standard InChI is InChI=1S/C19H22ClNO4S/c1-12(26-15-7-5-14(20)6-8-15)19(22)21-11-13-9-17(24-3)18(25-4)10-16(13)23-2/h5-10,12H,11H2,1-4H3,(H,21,22). The minimum Gasteiger partial charge on any atom is -0.496 e. The zero-order chi connectivity index (χ0) is 19.1. The van der Waals surface area contributed by atoms with E-state index in [1.54, 1.807) is 33.5 Å². The van der Waals surface area contributed by atoms with Crippen molar-refractivity contribution in [3.8, 4) is 17.2 Å². The second kappa shape index (κ2) is 9.59. The van der Waals surface area contributed by atoms with Gasteiger partial charge in [0.1, 0.15) is 5.75 Å². The lowest BCUT2D eigenvalue weighted by Gasteiger charge is -2.16. The number of methoxy groups -OCH3 is 3. The maximum atomic E-state index is 12.4. The van der Waals surface area contributed by atoms with E-state index in [-0.39, 0.29) is 11.2 Å². The van der Waals surface area contributed by atoms with Crippen molar-refractivity contribution in [2.45, 2.75) is 23.6 Å². The fraction of sp³-hybridized carbons (Fsp3) is 0.316. The summed E-state index contributed by atoms with van der Waals surface area (Å²) in [5.41, 5.74) is 0.808. The summed E-state index contributed by atoms with van der Waals surface area (Å²) < 4.78 is 16.0. The molecular weight excluding hydrogens is 374 g/mol. The number of hydrogen-bond acceptors (Lipinski definition) is 5. The third-order valence-corrected chi connectivity index (χ3v) is 5.10. The van der Waals surface area contributed by atoms with E-state index in [0.29, 0.717) is 28.8 Å². The summed E-state index contributed by atoms with van der Waals surface area (Å²) in [5, 5.41) is 3.36. The summed E-state index contributed by atoms with van der Waals surface area (Å²) >= 11 is 7.36. The second-order valence-electron chi connectivity index (χ2n) is 5.45. The van der Waals surface area contributed by atoms with E-state index in [2.05, 4.69) is 5.32 Å². The molecule has 5 nitrogen and oxygen atoms in total. The second-order valence-corrected chi connectivity index (χ2v) is 7.30. The number of rotatable bonds is 8. The molecule has 0 heterocycles. The molecule has 0 aliphatic heterocycles. The average Bonchev–Trinajstić information content (AvgIpc) is 2.66. The molecule has 0 saturated heterocycles. The summed E-state index contributed by atoms with van der Waals surface area (Å²) in [6.07, 6.45) is 0. The monoisotopic (exact) mass is 395 g/mol. The van der Waals surface area contributed by atoms with Gasteiger partial charge in [-0.1, -0.05) is 11.6 Å². The first-order valence-electron chi connectivity index (χ1n) is 7.97. The van der Waals surface area contributed by atoms with Crippen LogP contribution in [0.25, 0.3) is 0 Å². The van der Waals surface area contributed by atoms with E-state index < -0.39 is 0 Å². The quantitative estimate of drug-likeness (QED) is 0.680. The van der Waals surface area contributed by atoms with E-state index in [1.807, 2.05) is 31.2 Å². The maximum absolute atomic E-state index is 12.4. The zero-order valence-electron chi connectivity index (χ0n) is 15.2.